The smallest absolute Gasteiger partial charge is 0.408 e. The summed E-state index contributed by atoms with van der Waals surface area (Å²) < 4.78 is 47.2. The molecule has 164 valence electrons. The summed E-state index contributed by atoms with van der Waals surface area (Å²) in [6.45, 7) is 8.87. The van der Waals surface area contributed by atoms with Gasteiger partial charge in [0.1, 0.15) is 11.4 Å². The highest BCUT2D eigenvalue weighted by Crippen LogP contribution is 2.23. The molecule has 0 aliphatic rings. The summed E-state index contributed by atoms with van der Waals surface area (Å²) in [7, 11) is -3.84. The Morgan fingerprint density at radius 3 is 2.13 bits per heavy atom. The second kappa shape index (κ2) is 9.57. The maximum atomic E-state index is 13.4. The monoisotopic (exact) mass is 436 g/mol. The number of sulfonamides is 1. The number of hydrogen-bond donors (Lipinski definition) is 2. The number of nitrogens with one attached hydrogen (secondary N) is 2. The molecule has 8 heteroatoms. The van der Waals surface area contributed by atoms with E-state index in [2.05, 4.69) is 10.0 Å². The molecule has 2 atom stereocenters. The predicted octanol–water partition coefficient (Wildman–Crippen LogP) is 4.46. The van der Waals surface area contributed by atoms with Crippen molar-refractivity contribution >= 4 is 16.1 Å². The molecule has 0 heterocycles. The Balaban J connectivity index is 2.34. The number of carbonyl (C=O) groups is 1. The summed E-state index contributed by atoms with van der Waals surface area (Å²) >= 11 is 0. The first kappa shape index (κ1) is 23.8. The van der Waals surface area contributed by atoms with Crippen LogP contribution >= 0.6 is 0 Å². The van der Waals surface area contributed by atoms with E-state index >= 15 is 0 Å². The highest BCUT2D eigenvalue weighted by atomic mass is 32.2. The summed E-state index contributed by atoms with van der Waals surface area (Å²) in [5, 5.41) is 2.73. The lowest BCUT2D eigenvalue weighted by Gasteiger charge is -2.30. The molecule has 6 nitrogen and oxygen atoms in total. The Hall–Kier alpha value is -2.45. The van der Waals surface area contributed by atoms with Crippen LogP contribution < -0.4 is 10.0 Å². The Morgan fingerprint density at radius 2 is 1.63 bits per heavy atom. The molecule has 2 aromatic rings. The topological polar surface area (TPSA) is 84.5 Å². The maximum Gasteiger partial charge on any atom is 0.408 e. The molecule has 0 radical (unpaired) electrons. The zero-order chi connectivity index (χ0) is 22.5. The van der Waals surface area contributed by atoms with Crippen molar-refractivity contribution in [3.63, 3.8) is 0 Å². The van der Waals surface area contributed by atoms with Crippen LogP contribution in [-0.2, 0) is 14.8 Å². The molecular weight excluding hydrogens is 407 g/mol. The van der Waals surface area contributed by atoms with E-state index in [1.54, 1.807) is 39.8 Å². The Labute approximate surface area is 177 Å². The van der Waals surface area contributed by atoms with Crippen molar-refractivity contribution in [3.05, 3.63) is 65.5 Å². The van der Waals surface area contributed by atoms with E-state index in [4.69, 9.17) is 4.74 Å². The lowest BCUT2D eigenvalue weighted by Crippen LogP contribution is -2.47. The standard InChI is InChI=1S/C22H29FN2O4S/c1-6-19(25-30(27,28)18-13-7-15(2)8-14-18)20(16-9-11-17(23)12-10-16)24-21(26)29-22(3,4)5/h7-14,19-20,25H,6H2,1-5H3,(H,24,26)/t19-,20-/m0/s1. The van der Waals surface area contributed by atoms with Crippen molar-refractivity contribution in [1.29, 1.82) is 0 Å². The minimum Gasteiger partial charge on any atom is -0.444 e. The van der Waals surface area contributed by atoms with Crippen LogP contribution in [-0.4, -0.2) is 26.2 Å². The number of hydrogen-bond acceptors (Lipinski definition) is 4. The van der Waals surface area contributed by atoms with Gasteiger partial charge in [-0.3, -0.25) is 0 Å². The molecule has 0 aliphatic carbocycles. The van der Waals surface area contributed by atoms with Crippen LogP contribution in [0.2, 0.25) is 0 Å². The molecule has 2 aromatic carbocycles. The fraction of sp³-hybridized carbons (Fsp3) is 0.409. The molecule has 0 saturated carbocycles. The van der Waals surface area contributed by atoms with Crippen molar-refractivity contribution in [3.8, 4) is 0 Å². The summed E-state index contributed by atoms with van der Waals surface area (Å²) in [5.41, 5.74) is 0.776. The molecule has 0 fully saturated rings. The van der Waals surface area contributed by atoms with E-state index in [9.17, 15) is 17.6 Å². The molecule has 2 rings (SSSR count). The fourth-order valence-electron chi connectivity index (χ4n) is 2.89. The van der Waals surface area contributed by atoms with E-state index < -0.39 is 39.6 Å². The summed E-state index contributed by atoms with van der Waals surface area (Å²) in [6.07, 6.45) is -0.312. The van der Waals surface area contributed by atoms with E-state index in [0.717, 1.165) is 5.56 Å². The van der Waals surface area contributed by atoms with Gasteiger partial charge < -0.3 is 10.1 Å². The van der Waals surface area contributed by atoms with Crippen molar-refractivity contribution < 1.29 is 22.3 Å². The van der Waals surface area contributed by atoms with Gasteiger partial charge in [0.05, 0.1) is 10.9 Å². The lowest BCUT2D eigenvalue weighted by molar-refractivity contribution is 0.0493. The first-order valence-corrected chi connectivity index (χ1v) is 11.2. The zero-order valence-corrected chi connectivity index (χ0v) is 18.7. The Bertz CT molecular complexity index is 952. The van der Waals surface area contributed by atoms with Crippen LogP contribution in [0.4, 0.5) is 9.18 Å². The Morgan fingerprint density at radius 1 is 1.07 bits per heavy atom. The summed E-state index contributed by atoms with van der Waals surface area (Å²) in [5.74, 6) is -0.428. The second-order valence-electron chi connectivity index (χ2n) is 8.12. The van der Waals surface area contributed by atoms with Crippen LogP contribution in [0, 0.1) is 12.7 Å². The molecular formula is C22H29FN2O4S. The number of halogens is 1. The van der Waals surface area contributed by atoms with Crippen molar-refractivity contribution in [1.82, 2.24) is 10.0 Å². The summed E-state index contributed by atoms with van der Waals surface area (Å²) in [6, 6.07) is 10.6. The van der Waals surface area contributed by atoms with E-state index in [0.29, 0.717) is 12.0 Å². The van der Waals surface area contributed by atoms with Gasteiger partial charge in [-0.1, -0.05) is 36.8 Å². The number of rotatable bonds is 7. The molecule has 0 aliphatic heterocycles. The van der Waals surface area contributed by atoms with Crippen molar-refractivity contribution in [2.24, 2.45) is 0 Å². The number of carbonyl (C=O) groups excluding carboxylic acids is 1. The highest BCUT2D eigenvalue weighted by molar-refractivity contribution is 7.89. The molecule has 2 N–H and O–H groups in total. The van der Waals surface area contributed by atoms with E-state index in [1.807, 2.05) is 6.92 Å². The van der Waals surface area contributed by atoms with Crippen LogP contribution in [0.1, 0.15) is 51.3 Å². The highest BCUT2D eigenvalue weighted by Gasteiger charge is 2.30. The Kier molecular flexibility index (Phi) is 7.60. The minimum absolute atomic E-state index is 0.127. The normalized spacial score (nSPS) is 14.1. The van der Waals surface area contributed by atoms with E-state index in [1.165, 1.54) is 36.4 Å². The van der Waals surface area contributed by atoms with Gasteiger partial charge in [-0.15, -0.1) is 0 Å². The quantitative estimate of drug-likeness (QED) is 0.671. The number of benzene rings is 2. The molecule has 0 bridgehead atoms. The molecule has 0 unspecified atom stereocenters. The van der Waals surface area contributed by atoms with Crippen molar-refractivity contribution in [2.45, 2.75) is 63.6 Å². The largest absolute Gasteiger partial charge is 0.444 e. The number of aryl methyl sites for hydroxylation is 1. The molecule has 0 saturated heterocycles. The average molecular weight is 437 g/mol. The SMILES string of the molecule is CC[C@H](NS(=O)(=O)c1ccc(C)cc1)[C@@H](NC(=O)OC(C)(C)C)c1ccc(F)cc1. The third-order valence-corrected chi connectivity index (χ3v) is 5.89. The second-order valence-corrected chi connectivity index (χ2v) is 9.84. The number of amides is 1. The zero-order valence-electron chi connectivity index (χ0n) is 17.9. The fourth-order valence-corrected chi connectivity index (χ4v) is 4.22. The van der Waals surface area contributed by atoms with Crippen LogP contribution in [0.5, 0.6) is 0 Å². The number of ether oxygens (including phenoxy) is 1. The van der Waals surface area contributed by atoms with Gasteiger partial charge in [-0.2, -0.15) is 0 Å². The number of alkyl carbamates (subject to hydrolysis) is 1. The third kappa shape index (κ3) is 6.81. The minimum atomic E-state index is -3.84. The summed E-state index contributed by atoms with van der Waals surface area (Å²) in [4.78, 5) is 12.5. The first-order chi connectivity index (χ1) is 13.9. The van der Waals surface area contributed by atoms with Gasteiger partial charge >= 0.3 is 6.09 Å². The third-order valence-electron chi connectivity index (χ3n) is 4.38. The van der Waals surface area contributed by atoms with Crippen LogP contribution in [0.15, 0.2) is 53.4 Å². The molecule has 1 amide bonds. The maximum absolute atomic E-state index is 13.4. The molecule has 30 heavy (non-hydrogen) atoms. The van der Waals surface area contributed by atoms with Gasteiger partial charge in [0, 0.05) is 6.04 Å². The van der Waals surface area contributed by atoms with Gasteiger partial charge in [-0.25, -0.2) is 22.3 Å². The van der Waals surface area contributed by atoms with Crippen LogP contribution in [0.25, 0.3) is 0 Å². The predicted molar refractivity (Wildman–Crippen MR) is 114 cm³/mol. The van der Waals surface area contributed by atoms with Gasteiger partial charge in [0.25, 0.3) is 0 Å². The first-order valence-electron chi connectivity index (χ1n) is 9.75. The van der Waals surface area contributed by atoms with Crippen molar-refractivity contribution in [2.75, 3.05) is 0 Å². The van der Waals surface area contributed by atoms with Gasteiger partial charge in [0.15, 0.2) is 0 Å². The average Bonchev–Trinajstić information content (AvgIpc) is 2.64. The van der Waals surface area contributed by atoms with Gasteiger partial charge in [0.2, 0.25) is 10.0 Å². The molecule has 0 spiro atoms. The lowest BCUT2D eigenvalue weighted by atomic mass is 9.98. The van der Waals surface area contributed by atoms with E-state index in [-0.39, 0.29) is 4.90 Å². The molecule has 0 aromatic heterocycles. The van der Waals surface area contributed by atoms with Crippen LogP contribution in [0.3, 0.4) is 0 Å². The van der Waals surface area contributed by atoms with Gasteiger partial charge in [-0.05, 0) is 63.9 Å².